The van der Waals surface area contributed by atoms with Crippen LogP contribution in [0.1, 0.15) is 48.2 Å². The van der Waals surface area contributed by atoms with Crippen LogP contribution in [-0.4, -0.2) is 58.7 Å². The predicted molar refractivity (Wildman–Crippen MR) is 99.8 cm³/mol. The Bertz CT molecular complexity index is 793. The number of hydrogen-bond donors (Lipinski definition) is 2. The molecule has 3 heterocycles. The molecule has 2 N–H and O–H groups in total. The zero-order chi connectivity index (χ0) is 19.1. The van der Waals surface area contributed by atoms with Gasteiger partial charge in [0.15, 0.2) is 0 Å². The highest BCUT2D eigenvalue weighted by atomic mass is 16.2. The summed E-state index contributed by atoms with van der Waals surface area (Å²) in [4.78, 5) is 40.5. The summed E-state index contributed by atoms with van der Waals surface area (Å²) in [6.07, 6.45) is 0.675. The fraction of sp³-hybridized carbons (Fsp3) is 0.550. The number of carbonyl (C=O) groups is 3. The molecular weight excluding hydrogens is 344 g/mol. The molecule has 27 heavy (non-hydrogen) atoms. The van der Waals surface area contributed by atoms with Crippen molar-refractivity contribution in [1.82, 2.24) is 20.4 Å². The number of carbonyl (C=O) groups excluding carboxylic acids is 3. The van der Waals surface area contributed by atoms with Crippen molar-refractivity contribution < 1.29 is 14.4 Å². The molecule has 0 aromatic heterocycles. The Kier molecular flexibility index (Phi) is 4.74. The van der Waals surface area contributed by atoms with E-state index in [0.717, 1.165) is 30.8 Å². The standard InChI is InChI=1S/C20H26N4O3/c1-12-13(2)23(8-7-21-12)10-14-3-4-15-11-24(20(27)16(15)9-14)17-5-6-18(25)22-19(17)26/h3-4,9,12-13,17,21H,5-8,10-11H2,1-2H3,(H,22,25,26). The van der Waals surface area contributed by atoms with Crippen molar-refractivity contribution in [3.63, 3.8) is 0 Å². The average molecular weight is 370 g/mol. The minimum absolute atomic E-state index is 0.108. The van der Waals surface area contributed by atoms with E-state index in [1.54, 1.807) is 4.90 Å². The van der Waals surface area contributed by atoms with Crippen LogP contribution in [0.5, 0.6) is 0 Å². The molecule has 3 aliphatic rings. The van der Waals surface area contributed by atoms with Crippen LogP contribution in [0.25, 0.3) is 0 Å². The molecule has 7 heteroatoms. The molecule has 0 bridgehead atoms. The molecule has 2 fully saturated rings. The van der Waals surface area contributed by atoms with Crippen LogP contribution in [0, 0.1) is 0 Å². The van der Waals surface area contributed by atoms with E-state index in [1.807, 2.05) is 12.1 Å². The molecule has 4 rings (SSSR count). The van der Waals surface area contributed by atoms with E-state index < -0.39 is 6.04 Å². The third kappa shape index (κ3) is 3.37. The highest BCUT2D eigenvalue weighted by molar-refractivity contribution is 6.05. The van der Waals surface area contributed by atoms with Crippen molar-refractivity contribution in [1.29, 1.82) is 0 Å². The molecule has 3 amide bonds. The Labute approximate surface area is 159 Å². The van der Waals surface area contributed by atoms with Crippen LogP contribution >= 0.6 is 0 Å². The first kappa shape index (κ1) is 18.1. The average Bonchev–Trinajstić information content (AvgIpc) is 2.95. The van der Waals surface area contributed by atoms with E-state index in [1.165, 1.54) is 0 Å². The van der Waals surface area contributed by atoms with Crippen LogP contribution in [0.15, 0.2) is 18.2 Å². The number of fused-ring (bicyclic) bond motifs is 1. The molecular formula is C20H26N4O3. The normalized spacial score (nSPS) is 29.0. The minimum Gasteiger partial charge on any atom is -0.322 e. The van der Waals surface area contributed by atoms with Crippen molar-refractivity contribution in [2.75, 3.05) is 13.1 Å². The molecule has 7 nitrogen and oxygen atoms in total. The second-order valence-electron chi connectivity index (χ2n) is 7.85. The van der Waals surface area contributed by atoms with E-state index >= 15 is 0 Å². The summed E-state index contributed by atoms with van der Waals surface area (Å²) in [5.74, 6) is -0.735. The molecule has 2 saturated heterocycles. The summed E-state index contributed by atoms with van der Waals surface area (Å²) in [5, 5.41) is 5.83. The first-order chi connectivity index (χ1) is 12.9. The summed E-state index contributed by atoms with van der Waals surface area (Å²) >= 11 is 0. The van der Waals surface area contributed by atoms with Crippen LogP contribution in [0.2, 0.25) is 0 Å². The van der Waals surface area contributed by atoms with Gasteiger partial charge in [0.2, 0.25) is 11.8 Å². The third-order valence-corrected chi connectivity index (χ3v) is 6.14. The van der Waals surface area contributed by atoms with Crippen molar-refractivity contribution in [3.8, 4) is 0 Å². The Hall–Kier alpha value is -2.25. The fourth-order valence-electron chi connectivity index (χ4n) is 4.28. The van der Waals surface area contributed by atoms with Crippen molar-refractivity contribution >= 4 is 17.7 Å². The molecule has 1 aromatic rings. The Balaban J connectivity index is 1.50. The zero-order valence-electron chi connectivity index (χ0n) is 15.8. The van der Waals surface area contributed by atoms with Gasteiger partial charge in [-0.3, -0.25) is 24.6 Å². The van der Waals surface area contributed by atoms with Crippen LogP contribution < -0.4 is 10.6 Å². The molecule has 0 aliphatic carbocycles. The van der Waals surface area contributed by atoms with Crippen molar-refractivity contribution in [3.05, 3.63) is 34.9 Å². The number of nitrogens with zero attached hydrogens (tertiary/aromatic N) is 2. The second-order valence-corrected chi connectivity index (χ2v) is 7.85. The first-order valence-electron chi connectivity index (χ1n) is 9.68. The molecule has 0 saturated carbocycles. The number of benzene rings is 1. The van der Waals surface area contributed by atoms with Gasteiger partial charge in [-0.1, -0.05) is 12.1 Å². The Morgan fingerprint density at radius 3 is 2.78 bits per heavy atom. The maximum absolute atomic E-state index is 12.9. The van der Waals surface area contributed by atoms with Gasteiger partial charge >= 0.3 is 0 Å². The summed E-state index contributed by atoms with van der Waals surface area (Å²) in [7, 11) is 0. The molecule has 3 unspecified atom stereocenters. The summed E-state index contributed by atoms with van der Waals surface area (Å²) in [5.41, 5.74) is 2.76. The number of piperazine rings is 1. The van der Waals surface area contributed by atoms with Crippen LogP contribution in [0.4, 0.5) is 0 Å². The lowest BCUT2D eigenvalue weighted by atomic mass is 10.0. The van der Waals surface area contributed by atoms with Gasteiger partial charge in [0.05, 0.1) is 0 Å². The quantitative estimate of drug-likeness (QED) is 0.763. The number of nitrogens with one attached hydrogen (secondary N) is 2. The number of piperidine rings is 1. The smallest absolute Gasteiger partial charge is 0.255 e. The largest absolute Gasteiger partial charge is 0.322 e. The van der Waals surface area contributed by atoms with Crippen molar-refractivity contribution in [2.24, 2.45) is 0 Å². The lowest BCUT2D eigenvalue weighted by molar-refractivity contribution is -0.136. The van der Waals surface area contributed by atoms with Gasteiger partial charge in [0.25, 0.3) is 5.91 Å². The number of rotatable bonds is 3. The highest BCUT2D eigenvalue weighted by Gasteiger charge is 2.39. The van der Waals surface area contributed by atoms with Gasteiger partial charge in [-0.15, -0.1) is 0 Å². The number of imide groups is 1. The fourth-order valence-corrected chi connectivity index (χ4v) is 4.28. The first-order valence-corrected chi connectivity index (χ1v) is 9.68. The van der Waals surface area contributed by atoms with Crippen LogP contribution in [0.3, 0.4) is 0 Å². The van der Waals surface area contributed by atoms with E-state index in [9.17, 15) is 14.4 Å². The highest BCUT2D eigenvalue weighted by Crippen LogP contribution is 2.28. The van der Waals surface area contributed by atoms with Gasteiger partial charge in [-0.25, -0.2) is 0 Å². The number of amides is 3. The van der Waals surface area contributed by atoms with E-state index in [-0.39, 0.29) is 24.1 Å². The lowest BCUT2D eigenvalue weighted by Crippen LogP contribution is -2.54. The van der Waals surface area contributed by atoms with E-state index in [2.05, 4.69) is 35.4 Å². The molecule has 0 radical (unpaired) electrons. The van der Waals surface area contributed by atoms with E-state index in [4.69, 9.17) is 0 Å². The van der Waals surface area contributed by atoms with Crippen molar-refractivity contribution in [2.45, 2.75) is 57.9 Å². The van der Waals surface area contributed by atoms with Gasteiger partial charge in [-0.05, 0) is 37.5 Å². The zero-order valence-corrected chi connectivity index (χ0v) is 15.8. The van der Waals surface area contributed by atoms with Gasteiger partial charge in [0, 0.05) is 50.2 Å². The van der Waals surface area contributed by atoms with E-state index in [0.29, 0.717) is 30.6 Å². The second kappa shape index (κ2) is 7.05. The predicted octanol–water partition coefficient (Wildman–Crippen LogP) is 0.630. The molecule has 1 aromatic carbocycles. The molecule has 0 spiro atoms. The molecule has 144 valence electrons. The Morgan fingerprint density at radius 2 is 2.00 bits per heavy atom. The number of hydrogen-bond acceptors (Lipinski definition) is 5. The minimum atomic E-state index is -0.555. The van der Waals surface area contributed by atoms with Gasteiger partial charge in [0.1, 0.15) is 6.04 Å². The summed E-state index contributed by atoms with van der Waals surface area (Å²) in [6.45, 7) is 7.62. The van der Waals surface area contributed by atoms with Gasteiger partial charge < -0.3 is 10.2 Å². The molecule has 3 atom stereocenters. The summed E-state index contributed by atoms with van der Waals surface area (Å²) in [6, 6.07) is 6.38. The lowest BCUT2D eigenvalue weighted by Gasteiger charge is -2.38. The van der Waals surface area contributed by atoms with Gasteiger partial charge in [-0.2, -0.15) is 0 Å². The Morgan fingerprint density at radius 1 is 1.19 bits per heavy atom. The maximum Gasteiger partial charge on any atom is 0.255 e. The monoisotopic (exact) mass is 370 g/mol. The molecule has 3 aliphatic heterocycles. The topological polar surface area (TPSA) is 81.8 Å². The van der Waals surface area contributed by atoms with Crippen LogP contribution in [-0.2, 0) is 22.7 Å². The summed E-state index contributed by atoms with van der Waals surface area (Å²) < 4.78 is 0. The maximum atomic E-state index is 12.9. The third-order valence-electron chi connectivity index (χ3n) is 6.14. The SMILES string of the molecule is CC1NCCN(Cc2ccc3c(c2)C(=O)N(C2CCC(=O)NC2=O)C3)C1C.